The Morgan fingerprint density at radius 1 is 1.24 bits per heavy atom. The van der Waals surface area contributed by atoms with E-state index in [-0.39, 0.29) is 24.9 Å². The van der Waals surface area contributed by atoms with Gasteiger partial charge in [0.2, 0.25) is 0 Å². The molecular formula is C13H22ClNO2. The summed E-state index contributed by atoms with van der Waals surface area (Å²) in [5.74, 6) is 1.14. The maximum absolute atomic E-state index is 9.08. The first-order valence-electron chi connectivity index (χ1n) is 5.76. The maximum Gasteiger partial charge on any atom is 0.119 e. The number of aliphatic hydroxyl groups is 1. The van der Waals surface area contributed by atoms with Gasteiger partial charge in [-0.05, 0) is 44.4 Å². The Bertz CT molecular complexity index is 290. The van der Waals surface area contributed by atoms with Crippen LogP contribution in [0.4, 0.5) is 0 Å². The summed E-state index contributed by atoms with van der Waals surface area (Å²) < 4.78 is 5.59. The minimum atomic E-state index is 0. The summed E-state index contributed by atoms with van der Waals surface area (Å²) >= 11 is 0. The topological polar surface area (TPSA) is 55.5 Å². The van der Waals surface area contributed by atoms with E-state index in [1.54, 1.807) is 0 Å². The fourth-order valence-electron chi connectivity index (χ4n) is 1.54. The molecule has 1 aromatic rings. The van der Waals surface area contributed by atoms with Crippen molar-refractivity contribution >= 4 is 12.4 Å². The fourth-order valence-corrected chi connectivity index (χ4v) is 1.54. The molecule has 0 fully saturated rings. The van der Waals surface area contributed by atoms with E-state index >= 15 is 0 Å². The van der Waals surface area contributed by atoms with Gasteiger partial charge in [0.1, 0.15) is 5.75 Å². The third-order valence-corrected chi connectivity index (χ3v) is 2.65. The molecule has 3 N–H and O–H groups in total. The van der Waals surface area contributed by atoms with Crippen LogP contribution in [0, 0.1) is 12.8 Å². The Morgan fingerprint density at radius 3 is 2.41 bits per heavy atom. The summed E-state index contributed by atoms with van der Waals surface area (Å²) in [5, 5.41) is 9.08. The highest BCUT2D eigenvalue weighted by atomic mass is 35.5. The highest BCUT2D eigenvalue weighted by Crippen LogP contribution is 2.13. The highest BCUT2D eigenvalue weighted by Gasteiger charge is 2.06. The molecule has 0 saturated carbocycles. The Hall–Kier alpha value is -0.770. The van der Waals surface area contributed by atoms with Gasteiger partial charge >= 0.3 is 0 Å². The van der Waals surface area contributed by atoms with Crippen LogP contribution in [0.15, 0.2) is 24.3 Å². The molecule has 1 aromatic carbocycles. The average molecular weight is 260 g/mol. The second-order valence-electron chi connectivity index (χ2n) is 4.08. The van der Waals surface area contributed by atoms with Gasteiger partial charge in [0.25, 0.3) is 0 Å². The van der Waals surface area contributed by atoms with Crippen molar-refractivity contribution in [3.05, 3.63) is 29.8 Å². The van der Waals surface area contributed by atoms with Crippen LogP contribution in [0.3, 0.4) is 0 Å². The first-order chi connectivity index (χ1) is 7.76. The molecule has 0 radical (unpaired) electrons. The summed E-state index contributed by atoms with van der Waals surface area (Å²) in [6.07, 6.45) is 1.70. The summed E-state index contributed by atoms with van der Waals surface area (Å²) in [6.45, 7) is 3.49. The monoisotopic (exact) mass is 259 g/mol. The van der Waals surface area contributed by atoms with Crippen molar-refractivity contribution in [1.82, 2.24) is 0 Å². The van der Waals surface area contributed by atoms with Gasteiger partial charge in [-0.1, -0.05) is 17.7 Å². The third-order valence-electron chi connectivity index (χ3n) is 2.65. The zero-order valence-corrected chi connectivity index (χ0v) is 11.1. The first kappa shape index (κ1) is 16.2. The van der Waals surface area contributed by atoms with Crippen LogP contribution in [-0.4, -0.2) is 24.9 Å². The van der Waals surface area contributed by atoms with Crippen LogP contribution in [0.5, 0.6) is 5.75 Å². The minimum absolute atomic E-state index is 0. The molecule has 0 aliphatic carbocycles. The van der Waals surface area contributed by atoms with Crippen molar-refractivity contribution in [2.75, 3.05) is 19.8 Å². The van der Waals surface area contributed by atoms with E-state index in [0.717, 1.165) is 18.6 Å². The smallest absolute Gasteiger partial charge is 0.119 e. The number of aryl methyl sites for hydroxylation is 1. The van der Waals surface area contributed by atoms with E-state index in [0.29, 0.717) is 13.2 Å². The normalized spacial score (nSPS) is 11.7. The fraction of sp³-hybridized carbons (Fsp3) is 0.538. The number of rotatable bonds is 7. The van der Waals surface area contributed by atoms with E-state index < -0.39 is 0 Å². The lowest BCUT2D eigenvalue weighted by atomic mass is 10.0. The van der Waals surface area contributed by atoms with Crippen LogP contribution < -0.4 is 10.5 Å². The molecule has 0 aliphatic heterocycles. The number of nitrogens with two attached hydrogens (primary N) is 1. The van der Waals surface area contributed by atoms with Crippen LogP contribution in [0.2, 0.25) is 0 Å². The summed E-state index contributed by atoms with van der Waals surface area (Å²) in [4.78, 5) is 0. The van der Waals surface area contributed by atoms with Gasteiger partial charge in [-0.2, -0.15) is 0 Å². The number of benzene rings is 1. The molecule has 0 aliphatic rings. The van der Waals surface area contributed by atoms with Crippen LogP contribution in [0.1, 0.15) is 18.4 Å². The third kappa shape index (κ3) is 6.51. The van der Waals surface area contributed by atoms with Gasteiger partial charge in [0, 0.05) is 6.61 Å². The number of aliphatic hydroxyl groups excluding tert-OH is 1. The lowest BCUT2D eigenvalue weighted by Crippen LogP contribution is -2.15. The summed E-state index contributed by atoms with van der Waals surface area (Å²) in [6, 6.07) is 7.98. The van der Waals surface area contributed by atoms with Crippen molar-refractivity contribution in [2.45, 2.75) is 19.8 Å². The Kier molecular flexibility index (Phi) is 8.86. The lowest BCUT2D eigenvalue weighted by molar-refractivity contribution is 0.186. The van der Waals surface area contributed by atoms with Gasteiger partial charge < -0.3 is 15.6 Å². The van der Waals surface area contributed by atoms with Crippen molar-refractivity contribution in [1.29, 1.82) is 0 Å². The SMILES string of the molecule is Cc1ccc(OCC[C@@H](CO)CCN)cc1.Cl. The summed E-state index contributed by atoms with van der Waals surface area (Å²) in [5.41, 5.74) is 6.68. The molecule has 1 atom stereocenters. The molecule has 0 saturated heterocycles. The van der Waals surface area contributed by atoms with Gasteiger partial charge in [0.05, 0.1) is 6.61 Å². The van der Waals surface area contributed by atoms with Crippen LogP contribution >= 0.6 is 12.4 Å². The minimum Gasteiger partial charge on any atom is -0.494 e. The number of ether oxygens (including phenoxy) is 1. The van der Waals surface area contributed by atoms with Gasteiger partial charge in [0.15, 0.2) is 0 Å². The van der Waals surface area contributed by atoms with E-state index in [1.165, 1.54) is 5.56 Å². The predicted octanol–water partition coefficient (Wildman–Crippen LogP) is 2.14. The first-order valence-corrected chi connectivity index (χ1v) is 5.76. The van der Waals surface area contributed by atoms with Crippen LogP contribution in [-0.2, 0) is 0 Å². The van der Waals surface area contributed by atoms with Gasteiger partial charge in [-0.25, -0.2) is 0 Å². The Balaban J connectivity index is 0.00000256. The molecular weight excluding hydrogens is 238 g/mol. The second-order valence-corrected chi connectivity index (χ2v) is 4.08. The summed E-state index contributed by atoms with van der Waals surface area (Å²) in [7, 11) is 0. The van der Waals surface area contributed by atoms with Crippen molar-refractivity contribution in [3.8, 4) is 5.75 Å². The predicted molar refractivity (Wildman–Crippen MR) is 72.8 cm³/mol. The van der Waals surface area contributed by atoms with E-state index in [1.807, 2.05) is 31.2 Å². The average Bonchev–Trinajstić information content (AvgIpc) is 2.30. The molecule has 17 heavy (non-hydrogen) atoms. The molecule has 3 nitrogen and oxygen atoms in total. The van der Waals surface area contributed by atoms with E-state index in [9.17, 15) is 0 Å². The largest absolute Gasteiger partial charge is 0.494 e. The highest BCUT2D eigenvalue weighted by molar-refractivity contribution is 5.85. The molecule has 98 valence electrons. The van der Waals surface area contributed by atoms with Crippen molar-refractivity contribution < 1.29 is 9.84 Å². The number of hydrogen-bond donors (Lipinski definition) is 2. The Morgan fingerprint density at radius 2 is 1.88 bits per heavy atom. The molecule has 1 rings (SSSR count). The molecule has 4 heteroatoms. The lowest BCUT2D eigenvalue weighted by Gasteiger charge is -2.13. The zero-order valence-electron chi connectivity index (χ0n) is 10.3. The molecule has 0 heterocycles. The van der Waals surface area contributed by atoms with E-state index in [2.05, 4.69) is 0 Å². The quantitative estimate of drug-likeness (QED) is 0.789. The van der Waals surface area contributed by atoms with Gasteiger partial charge in [-0.3, -0.25) is 0 Å². The molecule has 0 unspecified atom stereocenters. The molecule has 0 bridgehead atoms. The molecule has 0 spiro atoms. The Labute approximate surface area is 109 Å². The van der Waals surface area contributed by atoms with Crippen molar-refractivity contribution in [3.63, 3.8) is 0 Å². The maximum atomic E-state index is 9.08. The van der Waals surface area contributed by atoms with E-state index in [4.69, 9.17) is 15.6 Å². The zero-order chi connectivity index (χ0) is 11.8. The standard InChI is InChI=1S/C13H21NO2.ClH/c1-11-2-4-13(5-3-11)16-9-7-12(10-15)6-8-14;/h2-5,12,15H,6-10,14H2,1H3;1H/t12-;/m0./s1. The number of hydrogen-bond acceptors (Lipinski definition) is 3. The molecule has 0 amide bonds. The second kappa shape index (κ2) is 9.28. The molecule has 0 aromatic heterocycles. The van der Waals surface area contributed by atoms with Crippen molar-refractivity contribution in [2.24, 2.45) is 11.7 Å². The van der Waals surface area contributed by atoms with Crippen LogP contribution in [0.25, 0.3) is 0 Å². The van der Waals surface area contributed by atoms with Gasteiger partial charge in [-0.15, -0.1) is 12.4 Å². The number of halogens is 1.